The van der Waals surface area contributed by atoms with E-state index in [1.807, 2.05) is 12.1 Å². The summed E-state index contributed by atoms with van der Waals surface area (Å²) in [5, 5.41) is 2.80. The molecule has 0 radical (unpaired) electrons. The smallest absolute Gasteiger partial charge is 0.375 e. The zero-order valence-electron chi connectivity index (χ0n) is 14.8. The molecule has 1 unspecified atom stereocenters. The van der Waals surface area contributed by atoms with Crippen molar-refractivity contribution in [2.24, 2.45) is 0 Å². The number of esters is 1. The molecule has 1 N–H and O–H groups in total. The van der Waals surface area contributed by atoms with Gasteiger partial charge in [-0.15, -0.1) is 0 Å². The lowest BCUT2D eigenvalue weighted by Crippen LogP contribution is -2.31. The normalized spacial score (nSPS) is 13.0. The number of hydrogen-bond acceptors (Lipinski definition) is 6. The monoisotopic (exact) mass is 379 g/mol. The highest BCUT2D eigenvalue weighted by molar-refractivity contribution is 5.90. The van der Waals surface area contributed by atoms with Crippen molar-refractivity contribution in [3.63, 3.8) is 0 Å². The molecule has 0 bridgehead atoms. The Morgan fingerprint density at radius 1 is 1.00 bits per heavy atom. The quantitative estimate of drug-likeness (QED) is 0.662. The Kier molecular flexibility index (Phi) is 4.97. The number of hydrogen-bond donors (Lipinski definition) is 1. The van der Waals surface area contributed by atoms with Gasteiger partial charge in [0, 0.05) is 12.1 Å². The lowest BCUT2D eigenvalue weighted by Gasteiger charge is -2.17. The van der Waals surface area contributed by atoms with Crippen molar-refractivity contribution in [1.82, 2.24) is 5.32 Å². The first-order chi connectivity index (χ1) is 13.7. The second-order valence-corrected chi connectivity index (χ2v) is 6.08. The molecule has 4 rings (SSSR count). The van der Waals surface area contributed by atoms with Crippen LogP contribution >= 0.6 is 0 Å². The maximum Gasteiger partial charge on any atom is 0.375 e. The first-order valence-electron chi connectivity index (χ1n) is 8.66. The summed E-state index contributed by atoms with van der Waals surface area (Å²) in [5.41, 5.74) is 1.40. The van der Waals surface area contributed by atoms with Gasteiger partial charge in [-0.25, -0.2) is 4.79 Å². The number of rotatable bonds is 6. The standard InChI is InChI=1S/C21H17NO6/c23-20(22-12-14-8-9-16-18(11-14)27-13-26-16)19(15-5-2-1-3-6-15)28-21(24)17-7-4-10-25-17/h1-11,19H,12-13H2,(H,22,23). The summed E-state index contributed by atoms with van der Waals surface area (Å²) in [6.45, 7) is 0.432. The molecule has 1 amide bonds. The minimum atomic E-state index is -1.10. The predicted octanol–water partition coefficient (Wildman–Crippen LogP) is 3.22. The first-order valence-corrected chi connectivity index (χ1v) is 8.66. The molecule has 0 saturated carbocycles. The fraction of sp³-hybridized carbons (Fsp3) is 0.143. The van der Waals surface area contributed by atoms with Crippen molar-refractivity contribution >= 4 is 11.9 Å². The van der Waals surface area contributed by atoms with Gasteiger partial charge in [0.2, 0.25) is 18.7 Å². The van der Waals surface area contributed by atoms with Crippen LogP contribution in [0.25, 0.3) is 0 Å². The van der Waals surface area contributed by atoms with Crippen LogP contribution < -0.4 is 14.8 Å². The van der Waals surface area contributed by atoms with Crippen LogP contribution in [-0.4, -0.2) is 18.7 Å². The minimum absolute atomic E-state index is 0.0319. The van der Waals surface area contributed by atoms with Crippen molar-refractivity contribution < 1.29 is 28.2 Å². The highest BCUT2D eigenvalue weighted by Gasteiger charge is 2.26. The summed E-state index contributed by atoms with van der Waals surface area (Å²) in [6.07, 6.45) is 0.265. The van der Waals surface area contributed by atoms with E-state index in [1.165, 1.54) is 12.3 Å². The number of amides is 1. The van der Waals surface area contributed by atoms with Crippen LogP contribution in [0.2, 0.25) is 0 Å². The summed E-state index contributed by atoms with van der Waals surface area (Å²) in [6, 6.07) is 17.3. The third-order valence-corrected chi connectivity index (χ3v) is 4.19. The van der Waals surface area contributed by atoms with Gasteiger partial charge in [0.1, 0.15) is 0 Å². The van der Waals surface area contributed by atoms with Crippen molar-refractivity contribution in [3.8, 4) is 11.5 Å². The van der Waals surface area contributed by atoms with Gasteiger partial charge in [-0.1, -0.05) is 36.4 Å². The second kappa shape index (κ2) is 7.87. The van der Waals surface area contributed by atoms with Crippen LogP contribution in [0.3, 0.4) is 0 Å². The fourth-order valence-corrected chi connectivity index (χ4v) is 2.79. The van der Waals surface area contributed by atoms with E-state index in [-0.39, 0.29) is 19.1 Å². The molecule has 7 heteroatoms. The first kappa shape index (κ1) is 17.7. The molecule has 0 fully saturated rings. The number of carbonyl (C=O) groups is 2. The lowest BCUT2D eigenvalue weighted by atomic mass is 10.1. The summed E-state index contributed by atoms with van der Waals surface area (Å²) < 4.78 is 21.1. The van der Waals surface area contributed by atoms with Crippen LogP contribution in [0.4, 0.5) is 0 Å². The molecule has 1 aliphatic heterocycles. The Balaban J connectivity index is 1.47. The van der Waals surface area contributed by atoms with Crippen LogP contribution in [0.5, 0.6) is 11.5 Å². The molecule has 0 aliphatic carbocycles. The number of ether oxygens (including phenoxy) is 3. The van der Waals surface area contributed by atoms with E-state index < -0.39 is 18.0 Å². The van der Waals surface area contributed by atoms with E-state index >= 15 is 0 Å². The molecule has 1 aromatic heterocycles. The van der Waals surface area contributed by atoms with Crippen LogP contribution in [0.15, 0.2) is 71.3 Å². The van der Waals surface area contributed by atoms with Gasteiger partial charge in [0.15, 0.2) is 11.5 Å². The van der Waals surface area contributed by atoms with Crippen molar-refractivity contribution in [3.05, 3.63) is 83.8 Å². The zero-order valence-corrected chi connectivity index (χ0v) is 14.8. The maximum atomic E-state index is 12.8. The Hall–Kier alpha value is -3.74. The summed E-state index contributed by atoms with van der Waals surface area (Å²) in [4.78, 5) is 25.1. The molecule has 1 atom stereocenters. The second-order valence-electron chi connectivity index (χ2n) is 6.08. The fourth-order valence-electron chi connectivity index (χ4n) is 2.79. The molecule has 0 spiro atoms. The van der Waals surface area contributed by atoms with Gasteiger partial charge in [-0.05, 0) is 29.8 Å². The lowest BCUT2D eigenvalue weighted by molar-refractivity contribution is -0.130. The summed E-state index contributed by atoms with van der Waals surface area (Å²) in [7, 11) is 0. The van der Waals surface area contributed by atoms with Gasteiger partial charge < -0.3 is 23.9 Å². The Morgan fingerprint density at radius 3 is 2.61 bits per heavy atom. The van der Waals surface area contributed by atoms with Crippen molar-refractivity contribution in [2.45, 2.75) is 12.6 Å². The van der Waals surface area contributed by atoms with Gasteiger partial charge >= 0.3 is 5.97 Å². The van der Waals surface area contributed by atoms with E-state index in [2.05, 4.69) is 5.32 Å². The minimum Gasteiger partial charge on any atom is -0.457 e. The third kappa shape index (κ3) is 3.83. The van der Waals surface area contributed by atoms with Crippen molar-refractivity contribution in [1.29, 1.82) is 0 Å². The molecule has 2 aromatic carbocycles. The van der Waals surface area contributed by atoms with Gasteiger partial charge in [0.25, 0.3) is 5.91 Å². The maximum absolute atomic E-state index is 12.8. The van der Waals surface area contributed by atoms with E-state index in [1.54, 1.807) is 42.5 Å². The molecule has 28 heavy (non-hydrogen) atoms. The zero-order chi connectivity index (χ0) is 19.3. The Morgan fingerprint density at radius 2 is 1.82 bits per heavy atom. The van der Waals surface area contributed by atoms with Crippen molar-refractivity contribution in [2.75, 3.05) is 6.79 Å². The van der Waals surface area contributed by atoms with Gasteiger partial charge in [-0.3, -0.25) is 4.79 Å². The number of fused-ring (bicyclic) bond motifs is 1. The molecule has 2 heterocycles. The van der Waals surface area contributed by atoms with E-state index in [4.69, 9.17) is 18.6 Å². The SMILES string of the molecule is O=C(OC(C(=O)NCc1ccc2c(c1)OCO2)c1ccccc1)c1ccco1. The molecule has 7 nitrogen and oxygen atoms in total. The molecule has 0 saturated heterocycles. The average molecular weight is 379 g/mol. The highest BCUT2D eigenvalue weighted by Crippen LogP contribution is 2.32. The van der Waals surface area contributed by atoms with Crippen LogP contribution in [-0.2, 0) is 16.1 Å². The van der Waals surface area contributed by atoms with Gasteiger partial charge in [-0.2, -0.15) is 0 Å². The number of benzene rings is 2. The predicted molar refractivity (Wildman–Crippen MR) is 97.7 cm³/mol. The van der Waals surface area contributed by atoms with Crippen LogP contribution in [0.1, 0.15) is 27.8 Å². The summed E-state index contributed by atoms with van der Waals surface area (Å²) >= 11 is 0. The van der Waals surface area contributed by atoms with Gasteiger partial charge in [0.05, 0.1) is 6.26 Å². The van der Waals surface area contributed by atoms with E-state index in [0.29, 0.717) is 17.1 Å². The Labute approximate surface area is 160 Å². The number of nitrogens with one attached hydrogen (secondary N) is 1. The molecular formula is C21H17NO6. The molecular weight excluding hydrogens is 362 g/mol. The third-order valence-electron chi connectivity index (χ3n) is 4.19. The topological polar surface area (TPSA) is 87.0 Å². The molecule has 3 aromatic rings. The Bertz CT molecular complexity index is 968. The van der Waals surface area contributed by atoms with E-state index in [9.17, 15) is 9.59 Å². The van der Waals surface area contributed by atoms with E-state index in [0.717, 1.165) is 5.56 Å². The number of carbonyl (C=O) groups excluding carboxylic acids is 2. The average Bonchev–Trinajstić information content (AvgIpc) is 3.42. The highest BCUT2D eigenvalue weighted by atomic mass is 16.7. The van der Waals surface area contributed by atoms with Crippen LogP contribution in [0, 0.1) is 0 Å². The number of furan rings is 1. The molecule has 142 valence electrons. The summed E-state index contributed by atoms with van der Waals surface area (Å²) in [5.74, 6) is 0.186. The largest absolute Gasteiger partial charge is 0.457 e. The molecule has 1 aliphatic rings.